The molecule has 1 aromatic heterocycles. The van der Waals surface area contributed by atoms with Crippen LogP contribution >= 0.6 is 22.9 Å². The van der Waals surface area contributed by atoms with Gasteiger partial charge in [0.05, 0.1) is 23.2 Å². The first-order valence-electron chi connectivity index (χ1n) is 13.6. The second-order valence-corrected chi connectivity index (χ2v) is 12.0. The summed E-state index contributed by atoms with van der Waals surface area (Å²) in [6.45, 7) is 3.89. The van der Waals surface area contributed by atoms with E-state index in [1.165, 1.54) is 18.4 Å². The van der Waals surface area contributed by atoms with Crippen molar-refractivity contribution < 1.29 is 19.1 Å². The smallest absolute Gasteiger partial charge is 0.255 e. The number of para-hydroxylation sites is 2. The fourth-order valence-electron chi connectivity index (χ4n) is 5.31. The Morgan fingerprint density at radius 1 is 0.907 bits per heavy atom. The quantitative estimate of drug-likeness (QED) is 0.193. The molecule has 1 aliphatic heterocycles. The number of nitrogens with zero attached hydrogens (tertiary/aromatic N) is 1. The first-order chi connectivity index (χ1) is 20.7. The lowest BCUT2D eigenvalue weighted by atomic mass is 9.69. The Kier molecular flexibility index (Phi) is 7.64. The van der Waals surface area contributed by atoms with Crippen molar-refractivity contribution >= 4 is 45.6 Å². The highest BCUT2D eigenvalue weighted by Gasteiger charge is 2.43. The fraction of sp³-hybridized carbons (Fsp3) is 0.147. The van der Waals surface area contributed by atoms with Gasteiger partial charge in [0.1, 0.15) is 17.2 Å². The number of benzene rings is 4. The molecule has 1 aliphatic rings. The first-order valence-corrected chi connectivity index (χ1v) is 14.9. The van der Waals surface area contributed by atoms with Gasteiger partial charge in [-0.25, -0.2) is 4.98 Å². The molecule has 0 spiro atoms. The van der Waals surface area contributed by atoms with Gasteiger partial charge in [-0.3, -0.25) is 9.59 Å². The number of hydrogen-bond acceptors (Lipinski definition) is 6. The van der Waals surface area contributed by atoms with Crippen molar-refractivity contribution in [3.63, 3.8) is 0 Å². The van der Waals surface area contributed by atoms with Crippen LogP contribution in [0.1, 0.15) is 41.3 Å². The molecular formula is C34H28ClN3O4S. The van der Waals surface area contributed by atoms with E-state index in [4.69, 9.17) is 21.1 Å². The summed E-state index contributed by atoms with van der Waals surface area (Å²) in [5, 5.41) is 8.64. The molecule has 216 valence electrons. The Labute approximate surface area is 258 Å². The molecule has 0 unspecified atom stereocenters. The van der Waals surface area contributed by atoms with E-state index in [0.29, 0.717) is 32.8 Å². The van der Waals surface area contributed by atoms with Crippen LogP contribution in [-0.4, -0.2) is 23.9 Å². The molecule has 0 saturated carbocycles. The van der Waals surface area contributed by atoms with Crippen molar-refractivity contribution in [3.8, 4) is 28.5 Å². The maximum Gasteiger partial charge on any atom is 0.255 e. The van der Waals surface area contributed by atoms with Gasteiger partial charge in [0.25, 0.3) is 5.91 Å². The summed E-state index contributed by atoms with van der Waals surface area (Å²) in [6, 6.07) is 27.9. The number of ether oxygens (including phenoxy) is 2. The van der Waals surface area contributed by atoms with Crippen LogP contribution < -0.4 is 20.1 Å². The number of amides is 2. The van der Waals surface area contributed by atoms with E-state index in [2.05, 4.69) is 15.6 Å². The molecule has 0 saturated heterocycles. The topological polar surface area (TPSA) is 89.6 Å². The molecule has 0 radical (unpaired) electrons. The van der Waals surface area contributed by atoms with Crippen molar-refractivity contribution in [1.29, 1.82) is 0 Å². The Hall–Kier alpha value is -4.66. The largest absolute Gasteiger partial charge is 0.495 e. The van der Waals surface area contributed by atoms with Gasteiger partial charge in [-0.1, -0.05) is 74.0 Å². The minimum Gasteiger partial charge on any atom is -0.495 e. The Morgan fingerprint density at radius 2 is 1.60 bits per heavy atom. The van der Waals surface area contributed by atoms with E-state index in [1.807, 2.05) is 73.8 Å². The SMILES string of the molecule is COc1ccc(NC(=O)c2cccc(-c3csc(NC(=O)C(C)(C)C4c5ccccc5Oc5ccccc54)n3)c2)cc1Cl. The number of aromatic nitrogens is 1. The normalized spacial score (nSPS) is 12.5. The van der Waals surface area contributed by atoms with Crippen LogP contribution in [0.15, 0.2) is 96.4 Å². The van der Waals surface area contributed by atoms with Crippen molar-refractivity contribution in [2.75, 3.05) is 17.7 Å². The first kappa shape index (κ1) is 28.5. The molecule has 9 heteroatoms. The highest BCUT2D eigenvalue weighted by atomic mass is 35.5. The summed E-state index contributed by atoms with van der Waals surface area (Å²) in [5.41, 5.74) is 3.52. The number of rotatable bonds is 7. The molecule has 2 N–H and O–H groups in total. The second kappa shape index (κ2) is 11.6. The fourth-order valence-corrected chi connectivity index (χ4v) is 6.28. The minimum atomic E-state index is -0.829. The number of nitrogens with one attached hydrogen (secondary N) is 2. The summed E-state index contributed by atoms with van der Waals surface area (Å²) in [7, 11) is 1.53. The number of anilines is 2. The van der Waals surface area contributed by atoms with Crippen LogP contribution in [0.2, 0.25) is 5.02 Å². The van der Waals surface area contributed by atoms with Crippen LogP contribution in [0, 0.1) is 5.41 Å². The molecule has 2 amide bonds. The van der Waals surface area contributed by atoms with Crippen LogP contribution in [0.3, 0.4) is 0 Å². The van der Waals surface area contributed by atoms with Crippen LogP contribution in [-0.2, 0) is 4.79 Å². The lowest BCUT2D eigenvalue weighted by Gasteiger charge is -2.38. The minimum absolute atomic E-state index is 0.156. The average Bonchev–Trinajstić information content (AvgIpc) is 3.48. The number of methoxy groups -OCH3 is 1. The second-order valence-electron chi connectivity index (χ2n) is 10.7. The summed E-state index contributed by atoms with van der Waals surface area (Å²) in [5.74, 6) is 1.37. The number of thiazole rings is 1. The maximum absolute atomic E-state index is 13.8. The van der Waals surface area contributed by atoms with Crippen LogP contribution in [0.5, 0.6) is 17.2 Å². The van der Waals surface area contributed by atoms with E-state index in [-0.39, 0.29) is 17.7 Å². The van der Waals surface area contributed by atoms with Crippen molar-refractivity contribution in [3.05, 3.63) is 118 Å². The molecule has 0 fully saturated rings. The van der Waals surface area contributed by atoms with Crippen molar-refractivity contribution in [1.82, 2.24) is 4.98 Å². The molecule has 5 aromatic rings. The van der Waals surface area contributed by atoms with Crippen LogP contribution in [0.25, 0.3) is 11.3 Å². The van der Waals surface area contributed by atoms with E-state index >= 15 is 0 Å². The Balaban J connectivity index is 1.20. The van der Waals surface area contributed by atoms with Gasteiger partial charge in [-0.15, -0.1) is 11.3 Å². The van der Waals surface area contributed by atoms with Crippen LogP contribution in [0.4, 0.5) is 10.8 Å². The predicted molar refractivity (Wildman–Crippen MR) is 171 cm³/mol. The van der Waals surface area contributed by atoms with E-state index < -0.39 is 5.41 Å². The Bertz CT molecular complexity index is 1810. The van der Waals surface area contributed by atoms with Gasteiger partial charge >= 0.3 is 0 Å². The molecule has 2 heterocycles. The molecular weight excluding hydrogens is 582 g/mol. The highest BCUT2D eigenvalue weighted by molar-refractivity contribution is 7.14. The number of hydrogen-bond donors (Lipinski definition) is 2. The molecule has 4 aromatic carbocycles. The van der Waals surface area contributed by atoms with Gasteiger partial charge in [0.15, 0.2) is 5.13 Å². The number of fused-ring (bicyclic) bond motifs is 2. The average molecular weight is 610 g/mol. The van der Waals surface area contributed by atoms with Crippen molar-refractivity contribution in [2.24, 2.45) is 5.41 Å². The molecule has 43 heavy (non-hydrogen) atoms. The Morgan fingerprint density at radius 3 is 2.28 bits per heavy atom. The molecule has 0 aliphatic carbocycles. The lowest BCUT2D eigenvalue weighted by Crippen LogP contribution is -2.38. The molecule has 7 nitrogen and oxygen atoms in total. The number of carbonyl (C=O) groups excluding carboxylic acids is 2. The summed E-state index contributed by atoms with van der Waals surface area (Å²) < 4.78 is 11.3. The summed E-state index contributed by atoms with van der Waals surface area (Å²) in [6.07, 6.45) is 0. The van der Waals surface area contributed by atoms with Gasteiger partial charge in [-0.05, 0) is 42.5 Å². The molecule has 6 rings (SSSR count). The third-order valence-corrected chi connectivity index (χ3v) is 8.59. The summed E-state index contributed by atoms with van der Waals surface area (Å²) >= 11 is 7.53. The van der Waals surface area contributed by atoms with Gasteiger partial charge in [0, 0.05) is 39.2 Å². The zero-order valence-electron chi connectivity index (χ0n) is 23.7. The third-order valence-electron chi connectivity index (χ3n) is 7.54. The maximum atomic E-state index is 13.8. The van der Waals surface area contributed by atoms with Gasteiger partial charge in [0.2, 0.25) is 5.91 Å². The zero-order chi connectivity index (χ0) is 30.1. The lowest BCUT2D eigenvalue weighted by molar-refractivity contribution is -0.124. The standard InChI is InChI=1S/C34H28ClN3O4S/c1-34(2,30-23-11-4-6-13-27(23)42-28-14-7-5-12-24(28)30)32(40)38-33-37-26(19-43-33)20-9-8-10-21(17-20)31(39)36-22-15-16-29(41-3)25(35)18-22/h4-19,30H,1-3H3,(H,36,39)(H,37,38,40). The van der Waals surface area contributed by atoms with E-state index in [1.54, 1.807) is 36.4 Å². The third kappa shape index (κ3) is 5.59. The van der Waals surface area contributed by atoms with E-state index in [0.717, 1.165) is 28.2 Å². The predicted octanol–water partition coefficient (Wildman–Crippen LogP) is 8.63. The molecule has 0 atom stereocenters. The number of carbonyl (C=O) groups is 2. The van der Waals surface area contributed by atoms with E-state index in [9.17, 15) is 9.59 Å². The zero-order valence-corrected chi connectivity index (χ0v) is 25.3. The number of halogens is 1. The highest BCUT2D eigenvalue weighted by Crippen LogP contribution is 2.52. The monoisotopic (exact) mass is 609 g/mol. The molecule has 0 bridgehead atoms. The van der Waals surface area contributed by atoms with Crippen molar-refractivity contribution in [2.45, 2.75) is 19.8 Å². The van der Waals surface area contributed by atoms with Gasteiger partial charge in [-0.2, -0.15) is 0 Å². The summed E-state index contributed by atoms with van der Waals surface area (Å²) in [4.78, 5) is 31.5. The van der Waals surface area contributed by atoms with Gasteiger partial charge < -0.3 is 20.1 Å².